The Morgan fingerprint density at radius 1 is 1.21 bits per heavy atom. The first kappa shape index (κ1) is 23.4. The molecule has 1 saturated heterocycles. The second kappa shape index (κ2) is 12.7. The maximum Gasteiger partial charge on any atom is 0.194 e. The largest absolute Gasteiger partial charge is 0.376 e. The number of guanidine groups is 1. The number of aromatic nitrogens is 2. The molecule has 2 unspecified atom stereocenters. The van der Waals surface area contributed by atoms with Crippen LogP contribution in [0.25, 0.3) is 0 Å². The van der Waals surface area contributed by atoms with Crippen LogP contribution in [0, 0.1) is 5.92 Å². The van der Waals surface area contributed by atoms with Crippen molar-refractivity contribution in [3.8, 4) is 0 Å². The fourth-order valence-corrected chi connectivity index (χ4v) is 4.30. The topological polar surface area (TPSA) is 54.7 Å². The molecule has 7 heteroatoms. The van der Waals surface area contributed by atoms with E-state index in [9.17, 15) is 0 Å². The van der Waals surface area contributed by atoms with Crippen LogP contribution in [0.5, 0.6) is 0 Å². The highest BCUT2D eigenvalue weighted by Gasteiger charge is 2.28. The van der Waals surface area contributed by atoms with Crippen LogP contribution in [-0.2, 0) is 4.74 Å². The molecule has 0 spiro atoms. The first-order chi connectivity index (χ1) is 13.3. The van der Waals surface area contributed by atoms with E-state index in [-0.39, 0.29) is 24.0 Å². The Balaban J connectivity index is 0.00000280. The SMILES string of the molecule is CCNC(=NCCOC1CCCCCC1)N1CCC(C)C(n2ccnc2)C1.I. The van der Waals surface area contributed by atoms with Crippen molar-refractivity contribution in [2.45, 2.75) is 70.9 Å². The van der Waals surface area contributed by atoms with Crippen molar-refractivity contribution in [1.82, 2.24) is 19.8 Å². The van der Waals surface area contributed by atoms with E-state index < -0.39 is 0 Å². The summed E-state index contributed by atoms with van der Waals surface area (Å²) in [6.45, 7) is 8.87. The lowest BCUT2D eigenvalue weighted by molar-refractivity contribution is 0.0485. The highest BCUT2D eigenvalue weighted by atomic mass is 127. The van der Waals surface area contributed by atoms with Gasteiger partial charge in [0, 0.05) is 32.0 Å². The molecule has 28 heavy (non-hydrogen) atoms. The summed E-state index contributed by atoms with van der Waals surface area (Å²) >= 11 is 0. The number of aliphatic imine (C=N–C) groups is 1. The normalized spacial score (nSPS) is 24.5. The predicted octanol–water partition coefficient (Wildman–Crippen LogP) is 4.09. The quantitative estimate of drug-likeness (QED) is 0.209. The van der Waals surface area contributed by atoms with Crippen molar-refractivity contribution in [1.29, 1.82) is 0 Å². The molecular formula is C21H38IN5O. The molecule has 1 aromatic heterocycles. The molecule has 1 N–H and O–H groups in total. The molecule has 0 bridgehead atoms. The number of nitrogens with zero attached hydrogens (tertiary/aromatic N) is 4. The van der Waals surface area contributed by atoms with Crippen LogP contribution in [-0.4, -0.2) is 59.3 Å². The third-order valence-electron chi connectivity index (χ3n) is 5.97. The van der Waals surface area contributed by atoms with Gasteiger partial charge in [-0.2, -0.15) is 0 Å². The summed E-state index contributed by atoms with van der Waals surface area (Å²) in [6.07, 6.45) is 15.3. The second-order valence-electron chi connectivity index (χ2n) is 8.01. The molecular weight excluding hydrogens is 465 g/mol. The van der Waals surface area contributed by atoms with Gasteiger partial charge in [0.1, 0.15) is 0 Å². The monoisotopic (exact) mass is 503 g/mol. The predicted molar refractivity (Wildman–Crippen MR) is 125 cm³/mol. The first-order valence-electron chi connectivity index (χ1n) is 10.9. The molecule has 1 aromatic rings. The Kier molecular flexibility index (Phi) is 10.6. The summed E-state index contributed by atoms with van der Waals surface area (Å²) in [5.74, 6) is 1.68. The summed E-state index contributed by atoms with van der Waals surface area (Å²) in [7, 11) is 0. The van der Waals surface area contributed by atoms with E-state index in [1.807, 2.05) is 12.5 Å². The summed E-state index contributed by atoms with van der Waals surface area (Å²) in [6, 6.07) is 0.451. The zero-order valence-electron chi connectivity index (χ0n) is 17.6. The first-order valence-corrected chi connectivity index (χ1v) is 10.9. The zero-order chi connectivity index (χ0) is 18.9. The van der Waals surface area contributed by atoms with Crippen LogP contribution in [0.2, 0.25) is 0 Å². The standard InChI is InChI=1S/C21H37N5O.HI/c1-3-23-21(24-12-15-27-19-8-6-4-5-7-9-19)25-13-10-18(2)20(16-25)26-14-11-22-17-26;/h11,14,17-20H,3-10,12-13,15-16H2,1-2H3,(H,23,24);1H. The molecule has 160 valence electrons. The molecule has 0 radical (unpaired) electrons. The van der Waals surface area contributed by atoms with Crippen LogP contribution in [0.1, 0.15) is 64.8 Å². The van der Waals surface area contributed by atoms with Gasteiger partial charge in [-0.1, -0.05) is 32.6 Å². The molecule has 1 aliphatic carbocycles. The number of hydrogen-bond acceptors (Lipinski definition) is 3. The van der Waals surface area contributed by atoms with Crippen LogP contribution in [0.4, 0.5) is 0 Å². The lowest BCUT2D eigenvalue weighted by Crippen LogP contribution is -2.49. The van der Waals surface area contributed by atoms with E-state index in [0.29, 0.717) is 18.1 Å². The number of piperidine rings is 1. The average Bonchev–Trinajstić information content (AvgIpc) is 3.09. The van der Waals surface area contributed by atoms with Crippen LogP contribution >= 0.6 is 24.0 Å². The van der Waals surface area contributed by atoms with Crippen molar-refractivity contribution >= 4 is 29.9 Å². The van der Waals surface area contributed by atoms with Gasteiger partial charge in [-0.25, -0.2) is 4.98 Å². The van der Waals surface area contributed by atoms with Crippen LogP contribution in [0.15, 0.2) is 23.7 Å². The molecule has 2 heterocycles. The molecule has 2 aliphatic rings. The van der Waals surface area contributed by atoms with Gasteiger partial charge in [-0.3, -0.25) is 4.99 Å². The second-order valence-corrected chi connectivity index (χ2v) is 8.01. The Bertz CT molecular complexity index is 557. The van der Waals surface area contributed by atoms with Gasteiger partial charge in [0.05, 0.1) is 31.6 Å². The van der Waals surface area contributed by atoms with E-state index in [1.165, 1.54) is 44.9 Å². The van der Waals surface area contributed by atoms with Gasteiger partial charge in [0.25, 0.3) is 0 Å². The van der Waals surface area contributed by atoms with Gasteiger partial charge in [0.2, 0.25) is 0 Å². The number of imidazole rings is 1. The van der Waals surface area contributed by atoms with Crippen molar-refractivity contribution in [2.75, 3.05) is 32.8 Å². The van der Waals surface area contributed by atoms with Crippen molar-refractivity contribution in [3.05, 3.63) is 18.7 Å². The van der Waals surface area contributed by atoms with E-state index in [2.05, 4.69) is 39.8 Å². The third kappa shape index (κ3) is 6.90. The maximum absolute atomic E-state index is 6.11. The smallest absolute Gasteiger partial charge is 0.194 e. The number of likely N-dealkylation sites (tertiary alicyclic amines) is 1. The minimum absolute atomic E-state index is 0. The minimum atomic E-state index is 0. The van der Waals surface area contributed by atoms with E-state index in [0.717, 1.165) is 38.7 Å². The van der Waals surface area contributed by atoms with E-state index in [4.69, 9.17) is 9.73 Å². The molecule has 0 aromatic carbocycles. The van der Waals surface area contributed by atoms with Gasteiger partial charge in [-0.05, 0) is 32.1 Å². The number of ether oxygens (including phenoxy) is 1. The average molecular weight is 503 g/mol. The minimum Gasteiger partial charge on any atom is -0.376 e. The summed E-state index contributed by atoms with van der Waals surface area (Å²) in [5, 5.41) is 3.48. The van der Waals surface area contributed by atoms with Crippen LogP contribution < -0.4 is 5.32 Å². The zero-order valence-corrected chi connectivity index (χ0v) is 19.9. The van der Waals surface area contributed by atoms with Crippen molar-refractivity contribution in [2.24, 2.45) is 10.9 Å². The number of hydrogen-bond donors (Lipinski definition) is 1. The van der Waals surface area contributed by atoms with Gasteiger partial charge >= 0.3 is 0 Å². The molecule has 2 fully saturated rings. The molecule has 0 amide bonds. The Morgan fingerprint density at radius 3 is 2.68 bits per heavy atom. The number of halogens is 1. The fourth-order valence-electron chi connectivity index (χ4n) is 4.30. The summed E-state index contributed by atoms with van der Waals surface area (Å²) in [4.78, 5) is 11.5. The van der Waals surface area contributed by atoms with Crippen molar-refractivity contribution < 1.29 is 4.74 Å². The molecule has 2 atom stereocenters. The molecule has 1 saturated carbocycles. The van der Waals surface area contributed by atoms with Crippen LogP contribution in [0.3, 0.4) is 0 Å². The summed E-state index contributed by atoms with van der Waals surface area (Å²) < 4.78 is 8.36. The number of rotatable bonds is 6. The lowest BCUT2D eigenvalue weighted by atomic mass is 9.93. The van der Waals surface area contributed by atoms with E-state index >= 15 is 0 Å². The third-order valence-corrected chi connectivity index (χ3v) is 5.97. The van der Waals surface area contributed by atoms with Crippen molar-refractivity contribution in [3.63, 3.8) is 0 Å². The Hall–Kier alpha value is -0.830. The summed E-state index contributed by atoms with van der Waals surface area (Å²) in [5.41, 5.74) is 0. The highest BCUT2D eigenvalue weighted by molar-refractivity contribution is 14.0. The lowest BCUT2D eigenvalue weighted by Gasteiger charge is -2.39. The highest BCUT2D eigenvalue weighted by Crippen LogP contribution is 2.27. The maximum atomic E-state index is 6.11. The van der Waals surface area contributed by atoms with Gasteiger partial charge < -0.3 is 19.5 Å². The Labute approximate surface area is 187 Å². The molecule has 3 rings (SSSR count). The number of nitrogens with one attached hydrogen (secondary N) is 1. The van der Waals surface area contributed by atoms with Gasteiger partial charge in [0.15, 0.2) is 5.96 Å². The Morgan fingerprint density at radius 2 is 2.00 bits per heavy atom. The van der Waals surface area contributed by atoms with Gasteiger partial charge in [-0.15, -0.1) is 24.0 Å². The fraction of sp³-hybridized carbons (Fsp3) is 0.810. The molecule has 1 aliphatic heterocycles. The van der Waals surface area contributed by atoms with E-state index in [1.54, 1.807) is 0 Å². The molecule has 6 nitrogen and oxygen atoms in total.